The highest BCUT2D eigenvalue weighted by atomic mass is 35.5. The molecule has 6 heteroatoms. The lowest BCUT2D eigenvalue weighted by atomic mass is 10.1. The minimum atomic E-state index is -0.213. The van der Waals surface area contributed by atoms with Crippen LogP contribution in [0, 0.1) is 0 Å². The Kier molecular flexibility index (Phi) is 4.92. The van der Waals surface area contributed by atoms with E-state index in [1.54, 1.807) is 30.6 Å². The zero-order chi connectivity index (χ0) is 14.4. The van der Waals surface area contributed by atoms with Gasteiger partial charge < -0.3 is 10.7 Å². The number of hydrogen-bond donors (Lipinski definition) is 3. The van der Waals surface area contributed by atoms with Crippen LogP contribution < -0.4 is 16.6 Å². The Hall–Kier alpha value is -2.11. The molecular weight excluding hydrogens is 276 g/mol. The maximum Gasteiger partial charge on any atom is 0.253 e. The average molecular weight is 291 g/mol. The highest BCUT2D eigenvalue weighted by Gasteiger charge is 2.11. The van der Waals surface area contributed by atoms with Gasteiger partial charge in [0.15, 0.2) is 0 Å². The smallest absolute Gasteiger partial charge is 0.253 e. The van der Waals surface area contributed by atoms with E-state index in [1.165, 1.54) is 0 Å². The zero-order valence-electron chi connectivity index (χ0n) is 10.8. The van der Waals surface area contributed by atoms with Gasteiger partial charge in [-0.3, -0.25) is 15.6 Å². The number of amides is 1. The maximum absolute atomic E-state index is 12.1. The minimum Gasteiger partial charge on any atom is -0.352 e. The van der Waals surface area contributed by atoms with E-state index in [0.29, 0.717) is 22.8 Å². The van der Waals surface area contributed by atoms with E-state index in [1.807, 2.05) is 12.1 Å². The third kappa shape index (κ3) is 3.69. The van der Waals surface area contributed by atoms with Crippen molar-refractivity contribution in [2.45, 2.75) is 6.42 Å². The van der Waals surface area contributed by atoms with Gasteiger partial charge in [-0.1, -0.05) is 11.6 Å². The second-order valence-electron chi connectivity index (χ2n) is 4.20. The number of nitrogens with one attached hydrogen (secondary N) is 2. The number of nitrogens with zero attached hydrogens (tertiary/aromatic N) is 1. The summed E-state index contributed by atoms with van der Waals surface area (Å²) in [7, 11) is 0. The van der Waals surface area contributed by atoms with Crippen LogP contribution in [0.3, 0.4) is 0 Å². The fourth-order valence-corrected chi connectivity index (χ4v) is 1.97. The minimum absolute atomic E-state index is 0.213. The Morgan fingerprint density at radius 3 is 2.70 bits per heavy atom. The van der Waals surface area contributed by atoms with Gasteiger partial charge >= 0.3 is 0 Å². The van der Waals surface area contributed by atoms with Gasteiger partial charge in [-0.2, -0.15) is 0 Å². The van der Waals surface area contributed by atoms with Gasteiger partial charge in [0.2, 0.25) is 0 Å². The summed E-state index contributed by atoms with van der Waals surface area (Å²) in [5, 5.41) is 3.32. The lowest BCUT2D eigenvalue weighted by molar-refractivity contribution is 0.0955. The number of nitrogen functional groups attached to an aromatic ring is 1. The van der Waals surface area contributed by atoms with Gasteiger partial charge in [0.1, 0.15) is 0 Å². The Morgan fingerprint density at radius 2 is 2.00 bits per heavy atom. The number of benzene rings is 1. The first kappa shape index (κ1) is 14.3. The van der Waals surface area contributed by atoms with Crippen molar-refractivity contribution in [2.75, 3.05) is 12.0 Å². The van der Waals surface area contributed by atoms with Crippen molar-refractivity contribution in [1.29, 1.82) is 0 Å². The predicted molar refractivity (Wildman–Crippen MR) is 79.5 cm³/mol. The molecule has 0 spiro atoms. The summed E-state index contributed by atoms with van der Waals surface area (Å²) in [5.74, 6) is 5.16. The fourth-order valence-electron chi connectivity index (χ4n) is 1.80. The molecule has 0 fully saturated rings. The molecule has 2 rings (SSSR count). The first-order chi connectivity index (χ1) is 9.70. The number of halogens is 1. The number of hydrogen-bond acceptors (Lipinski definition) is 4. The van der Waals surface area contributed by atoms with Gasteiger partial charge in [0.25, 0.3) is 5.91 Å². The standard InChI is InChI=1S/C14H15ClN4O/c15-11-1-2-13(19-16)12(9-11)14(20)18-8-5-10-3-6-17-7-4-10/h1-4,6-7,9,19H,5,8,16H2,(H,18,20). The third-order valence-electron chi connectivity index (χ3n) is 2.83. The molecule has 5 nitrogen and oxygen atoms in total. The number of pyridine rings is 1. The molecule has 0 aliphatic rings. The molecule has 0 saturated carbocycles. The SMILES string of the molecule is NNc1ccc(Cl)cc1C(=O)NCCc1ccncc1. The van der Waals surface area contributed by atoms with Crippen molar-refractivity contribution >= 4 is 23.2 Å². The van der Waals surface area contributed by atoms with E-state index in [4.69, 9.17) is 17.4 Å². The second kappa shape index (κ2) is 6.88. The largest absolute Gasteiger partial charge is 0.352 e. The molecule has 20 heavy (non-hydrogen) atoms. The molecule has 2 aromatic rings. The number of carbonyl (C=O) groups excluding carboxylic acids is 1. The molecule has 4 N–H and O–H groups in total. The van der Waals surface area contributed by atoms with Crippen molar-refractivity contribution in [1.82, 2.24) is 10.3 Å². The van der Waals surface area contributed by atoms with Gasteiger partial charge in [0, 0.05) is 24.0 Å². The van der Waals surface area contributed by atoms with Crippen molar-refractivity contribution < 1.29 is 4.79 Å². The number of carbonyl (C=O) groups is 1. The van der Waals surface area contributed by atoms with E-state index in [9.17, 15) is 4.79 Å². The maximum atomic E-state index is 12.1. The number of aromatic nitrogens is 1. The quantitative estimate of drug-likeness (QED) is 0.581. The average Bonchev–Trinajstić information content (AvgIpc) is 2.48. The number of hydrazine groups is 1. The predicted octanol–water partition coefficient (Wildman–Crippen LogP) is 1.99. The summed E-state index contributed by atoms with van der Waals surface area (Å²) in [5.41, 5.74) is 4.56. The molecule has 1 aromatic heterocycles. The summed E-state index contributed by atoms with van der Waals surface area (Å²) in [6, 6.07) is 8.75. The Balaban J connectivity index is 1.97. The lowest BCUT2D eigenvalue weighted by Crippen LogP contribution is -2.27. The first-order valence-corrected chi connectivity index (χ1v) is 6.52. The third-order valence-corrected chi connectivity index (χ3v) is 3.07. The Morgan fingerprint density at radius 1 is 1.25 bits per heavy atom. The van der Waals surface area contributed by atoms with Crippen LogP contribution in [-0.4, -0.2) is 17.4 Å². The van der Waals surface area contributed by atoms with Crippen LogP contribution in [0.25, 0.3) is 0 Å². The second-order valence-corrected chi connectivity index (χ2v) is 4.63. The molecule has 0 bridgehead atoms. The number of nitrogens with two attached hydrogens (primary N) is 1. The van der Waals surface area contributed by atoms with Crippen LogP contribution in [-0.2, 0) is 6.42 Å². The van der Waals surface area contributed by atoms with Gasteiger partial charge in [-0.15, -0.1) is 0 Å². The lowest BCUT2D eigenvalue weighted by Gasteiger charge is -2.10. The molecule has 0 aliphatic heterocycles. The highest BCUT2D eigenvalue weighted by molar-refractivity contribution is 6.31. The van der Waals surface area contributed by atoms with E-state index in [-0.39, 0.29) is 5.91 Å². The van der Waals surface area contributed by atoms with Crippen LogP contribution in [0.15, 0.2) is 42.7 Å². The van der Waals surface area contributed by atoms with Crippen molar-refractivity contribution in [3.05, 3.63) is 58.9 Å². The molecule has 104 valence electrons. The van der Waals surface area contributed by atoms with E-state index >= 15 is 0 Å². The van der Waals surface area contributed by atoms with E-state index in [0.717, 1.165) is 12.0 Å². The van der Waals surface area contributed by atoms with Crippen LogP contribution >= 0.6 is 11.6 Å². The van der Waals surface area contributed by atoms with Crippen molar-refractivity contribution in [3.8, 4) is 0 Å². The molecule has 0 atom stereocenters. The zero-order valence-corrected chi connectivity index (χ0v) is 11.5. The summed E-state index contributed by atoms with van der Waals surface area (Å²) >= 11 is 5.89. The Bertz CT molecular complexity index is 589. The fraction of sp³-hybridized carbons (Fsp3) is 0.143. The van der Waals surface area contributed by atoms with Gasteiger partial charge in [-0.05, 0) is 42.3 Å². The summed E-state index contributed by atoms with van der Waals surface area (Å²) < 4.78 is 0. The molecule has 0 aliphatic carbocycles. The molecular formula is C14H15ClN4O. The topological polar surface area (TPSA) is 80.0 Å². The van der Waals surface area contributed by atoms with Crippen molar-refractivity contribution in [2.24, 2.45) is 5.84 Å². The summed E-state index contributed by atoms with van der Waals surface area (Å²) in [6.07, 6.45) is 4.19. The van der Waals surface area contributed by atoms with Gasteiger partial charge in [0.05, 0.1) is 11.3 Å². The van der Waals surface area contributed by atoms with E-state index < -0.39 is 0 Å². The number of anilines is 1. The molecule has 0 saturated heterocycles. The monoisotopic (exact) mass is 290 g/mol. The first-order valence-electron chi connectivity index (χ1n) is 6.14. The molecule has 1 amide bonds. The number of rotatable bonds is 5. The Labute approximate surface area is 122 Å². The van der Waals surface area contributed by atoms with Crippen LogP contribution in [0.5, 0.6) is 0 Å². The summed E-state index contributed by atoms with van der Waals surface area (Å²) in [4.78, 5) is 16.0. The summed E-state index contributed by atoms with van der Waals surface area (Å²) in [6.45, 7) is 0.527. The van der Waals surface area contributed by atoms with Gasteiger partial charge in [-0.25, -0.2) is 0 Å². The molecule has 1 aromatic carbocycles. The molecule has 0 unspecified atom stereocenters. The normalized spacial score (nSPS) is 10.1. The van der Waals surface area contributed by atoms with Crippen molar-refractivity contribution in [3.63, 3.8) is 0 Å². The molecule has 1 heterocycles. The van der Waals surface area contributed by atoms with Crippen LogP contribution in [0.4, 0.5) is 5.69 Å². The van der Waals surface area contributed by atoms with E-state index in [2.05, 4.69) is 15.7 Å². The van der Waals surface area contributed by atoms with Crippen LogP contribution in [0.1, 0.15) is 15.9 Å². The van der Waals surface area contributed by atoms with Crippen LogP contribution in [0.2, 0.25) is 5.02 Å². The highest BCUT2D eigenvalue weighted by Crippen LogP contribution is 2.19. The molecule has 0 radical (unpaired) electrons.